The van der Waals surface area contributed by atoms with Gasteiger partial charge < -0.3 is 0 Å². The van der Waals surface area contributed by atoms with E-state index in [1.165, 1.54) is 16.7 Å². The minimum Gasteiger partial charge on any atom is -0.252 e. The van der Waals surface area contributed by atoms with Gasteiger partial charge in [-0.25, -0.2) is 0 Å². The zero-order chi connectivity index (χ0) is 9.84. The van der Waals surface area contributed by atoms with Crippen LogP contribution >= 0.6 is 11.8 Å². The third kappa shape index (κ3) is 2.71. The summed E-state index contributed by atoms with van der Waals surface area (Å²) in [5, 5.41) is 0. The Hall–Kier alpha value is -0.540. The lowest BCUT2D eigenvalue weighted by molar-refractivity contribution is -0.738. The van der Waals surface area contributed by atoms with Crippen molar-refractivity contribution in [2.24, 2.45) is 0 Å². The smallest absolute Gasteiger partial charge is 0.211 e. The third-order valence-corrected chi connectivity index (χ3v) is 2.77. The molecule has 1 unspecified atom stereocenters. The van der Waals surface area contributed by atoms with Crippen molar-refractivity contribution in [2.75, 3.05) is 14.1 Å². The third-order valence-electron chi connectivity index (χ3n) is 2.17. The highest BCUT2D eigenvalue weighted by Gasteiger charge is 2.13. The SMILES string of the molecule is [CH2]Sc1cc[n+](C(C)N(C)C)cc1. The number of aromatic nitrogens is 1. The van der Waals surface area contributed by atoms with Gasteiger partial charge in [0, 0.05) is 30.2 Å². The monoisotopic (exact) mass is 196 g/mol. The average Bonchev–Trinajstić information content (AvgIpc) is 2.17. The van der Waals surface area contributed by atoms with Crippen LogP contribution in [0.5, 0.6) is 0 Å². The first kappa shape index (κ1) is 10.5. The summed E-state index contributed by atoms with van der Waals surface area (Å²) in [6, 6.07) is 4.16. The molecule has 1 radical (unpaired) electrons. The molecule has 0 amide bonds. The van der Waals surface area contributed by atoms with Crippen LogP contribution in [0, 0.1) is 6.26 Å². The molecule has 2 nitrogen and oxygen atoms in total. The molecule has 1 heterocycles. The Labute approximate surface area is 84.6 Å². The van der Waals surface area contributed by atoms with Gasteiger partial charge in [-0.1, -0.05) is 0 Å². The molecule has 71 valence electrons. The van der Waals surface area contributed by atoms with Gasteiger partial charge in [0.15, 0.2) is 12.4 Å². The summed E-state index contributed by atoms with van der Waals surface area (Å²) in [7, 11) is 4.14. The number of thioether (sulfide) groups is 1. The van der Waals surface area contributed by atoms with E-state index in [2.05, 4.69) is 61.3 Å². The van der Waals surface area contributed by atoms with Gasteiger partial charge in [0.2, 0.25) is 6.17 Å². The summed E-state index contributed by atoms with van der Waals surface area (Å²) in [6.07, 6.45) is 8.32. The van der Waals surface area contributed by atoms with Crippen molar-refractivity contribution in [3.05, 3.63) is 30.8 Å². The van der Waals surface area contributed by atoms with Crippen LogP contribution in [0.1, 0.15) is 13.1 Å². The zero-order valence-corrected chi connectivity index (χ0v) is 9.21. The van der Waals surface area contributed by atoms with Gasteiger partial charge >= 0.3 is 0 Å². The van der Waals surface area contributed by atoms with Gasteiger partial charge in [0.1, 0.15) is 0 Å². The predicted octanol–water partition coefficient (Wildman–Crippen LogP) is 1.94. The number of hydrogen-bond donors (Lipinski definition) is 0. The molecule has 0 aromatic carbocycles. The lowest BCUT2D eigenvalue weighted by atomic mass is 10.4. The number of rotatable bonds is 3. The van der Waals surface area contributed by atoms with Crippen LogP contribution in [-0.2, 0) is 0 Å². The molecule has 13 heavy (non-hydrogen) atoms. The number of pyridine rings is 1. The Balaban J connectivity index is 2.79. The van der Waals surface area contributed by atoms with Crippen LogP contribution in [-0.4, -0.2) is 19.0 Å². The van der Waals surface area contributed by atoms with Crippen LogP contribution in [0.4, 0.5) is 0 Å². The summed E-state index contributed by atoms with van der Waals surface area (Å²) in [6.45, 7) is 2.16. The molecule has 0 N–H and O–H groups in total. The Bertz CT molecular complexity index is 256. The summed E-state index contributed by atoms with van der Waals surface area (Å²) in [4.78, 5) is 3.36. The highest BCUT2D eigenvalue weighted by atomic mass is 32.2. The van der Waals surface area contributed by atoms with E-state index >= 15 is 0 Å². The molecule has 0 fully saturated rings. The van der Waals surface area contributed by atoms with E-state index in [-0.39, 0.29) is 0 Å². The van der Waals surface area contributed by atoms with Crippen molar-refractivity contribution >= 4 is 11.8 Å². The quantitative estimate of drug-likeness (QED) is 0.539. The molecule has 3 heteroatoms. The van der Waals surface area contributed by atoms with E-state index in [0.29, 0.717) is 6.17 Å². The second kappa shape index (κ2) is 4.63. The van der Waals surface area contributed by atoms with E-state index in [9.17, 15) is 0 Å². The van der Waals surface area contributed by atoms with Crippen molar-refractivity contribution in [1.82, 2.24) is 4.90 Å². The molecule has 0 spiro atoms. The van der Waals surface area contributed by atoms with Gasteiger partial charge in [-0.05, 0) is 14.1 Å². The van der Waals surface area contributed by atoms with Gasteiger partial charge in [0.05, 0.1) is 0 Å². The molecule has 1 atom stereocenters. The first-order valence-electron chi connectivity index (χ1n) is 4.24. The largest absolute Gasteiger partial charge is 0.252 e. The van der Waals surface area contributed by atoms with Crippen molar-refractivity contribution in [3.63, 3.8) is 0 Å². The summed E-state index contributed by atoms with van der Waals surface area (Å²) < 4.78 is 2.17. The lowest BCUT2D eigenvalue weighted by Crippen LogP contribution is -2.44. The first-order chi connectivity index (χ1) is 6.15. The Morgan fingerprint density at radius 2 is 1.92 bits per heavy atom. The second-order valence-electron chi connectivity index (χ2n) is 3.22. The van der Waals surface area contributed by atoms with Crippen LogP contribution < -0.4 is 4.57 Å². The standard InChI is InChI=1S/C10H16N2S/c1-9(11(2)3)12-7-5-10(13-4)6-8-12/h5-9H,4H2,1-3H3/q+1. The number of hydrogen-bond acceptors (Lipinski definition) is 2. The lowest BCUT2D eigenvalue weighted by Gasteiger charge is -2.14. The van der Waals surface area contributed by atoms with E-state index in [0.717, 1.165) is 0 Å². The van der Waals surface area contributed by atoms with Gasteiger partial charge in [-0.15, -0.1) is 11.8 Å². The fourth-order valence-electron chi connectivity index (χ4n) is 1.04. The van der Waals surface area contributed by atoms with Crippen LogP contribution in [0.3, 0.4) is 0 Å². The summed E-state index contributed by atoms with van der Waals surface area (Å²) in [5.74, 6) is 0. The summed E-state index contributed by atoms with van der Waals surface area (Å²) in [5.41, 5.74) is 0. The van der Waals surface area contributed by atoms with E-state index in [1.807, 2.05) is 0 Å². The van der Waals surface area contributed by atoms with Gasteiger partial charge in [0.25, 0.3) is 0 Å². The molecule has 0 aliphatic carbocycles. The van der Waals surface area contributed by atoms with E-state index in [4.69, 9.17) is 0 Å². The zero-order valence-electron chi connectivity index (χ0n) is 8.40. The maximum absolute atomic E-state index is 3.76. The van der Waals surface area contributed by atoms with Crippen LogP contribution in [0.15, 0.2) is 29.4 Å². The minimum absolute atomic E-state index is 0.392. The Morgan fingerprint density at radius 3 is 2.31 bits per heavy atom. The summed E-state index contributed by atoms with van der Waals surface area (Å²) >= 11 is 1.52. The van der Waals surface area contributed by atoms with Crippen molar-refractivity contribution in [1.29, 1.82) is 0 Å². The van der Waals surface area contributed by atoms with E-state index < -0.39 is 0 Å². The molecule has 1 aromatic heterocycles. The van der Waals surface area contributed by atoms with Gasteiger partial charge in [-0.3, -0.25) is 4.90 Å². The molecular weight excluding hydrogens is 180 g/mol. The normalized spacial score (nSPS) is 13.3. The molecule has 1 rings (SSSR count). The van der Waals surface area contributed by atoms with Gasteiger partial charge in [-0.2, -0.15) is 4.57 Å². The topological polar surface area (TPSA) is 7.12 Å². The minimum atomic E-state index is 0.392. The fraction of sp³-hybridized carbons (Fsp3) is 0.400. The van der Waals surface area contributed by atoms with E-state index in [1.54, 1.807) is 0 Å². The fourth-order valence-corrected chi connectivity index (χ4v) is 1.35. The molecule has 0 aliphatic heterocycles. The maximum Gasteiger partial charge on any atom is 0.211 e. The molecule has 0 saturated heterocycles. The Morgan fingerprint density at radius 1 is 1.38 bits per heavy atom. The average molecular weight is 196 g/mol. The van der Waals surface area contributed by atoms with Crippen LogP contribution in [0.25, 0.3) is 0 Å². The van der Waals surface area contributed by atoms with Crippen molar-refractivity contribution in [2.45, 2.75) is 18.0 Å². The predicted molar refractivity (Wildman–Crippen MR) is 56.2 cm³/mol. The van der Waals surface area contributed by atoms with Crippen molar-refractivity contribution in [3.8, 4) is 0 Å². The maximum atomic E-state index is 3.76. The van der Waals surface area contributed by atoms with Crippen molar-refractivity contribution < 1.29 is 4.57 Å². The Kier molecular flexibility index (Phi) is 3.75. The highest BCUT2D eigenvalue weighted by molar-refractivity contribution is 8.00. The molecule has 1 aromatic rings. The second-order valence-corrected chi connectivity index (χ2v) is 3.98. The first-order valence-corrected chi connectivity index (χ1v) is 5.23. The highest BCUT2D eigenvalue weighted by Crippen LogP contribution is 2.13. The molecular formula is C10H16N2S+. The molecule has 0 aliphatic rings. The molecule has 0 saturated carbocycles. The van der Waals surface area contributed by atoms with Crippen LogP contribution in [0.2, 0.25) is 0 Å². The molecule has 0 bridgehead atoms. The number of nitrogens with zero attached hydrogens (tertiary/aromatic N) is 2.